The Labute approximate surface area is 57.6 Å². The molecule has 0 aliphatic heterocycles. The molecule has 0 fully saturated rings. The Morgan fingerprint density at radius 3 is 1.89 bits per heavy atom. The van der Waals surface area contributed by atoms with Crippen LogP contribution in [0.2, 0.25) is 0 Å². The lowest BCUT2D eigenvalue weighted by molar-refractivity contribution is 0.568. The van der Waals surface area contributed by atoms with Crippen LogP contribution < -0.4 is 0 Å². The molecule has 0 spiro atoms. The van der Waals surface area contributed by atoms with Crippen LogP contribution in [-0.4, -0.2) is 23.4 Å². The van der Waals surface area contributed by atoms with E-state index in [1.807, 2.05) is 0 Å². The molecule has 48 valence electrons. The zero-order chi connectivity index (χ0) is 6.95. The minimum atomic E-state index is 0.613. The molecule has 0 amide bonds. The van der Waals surface area contributed by atoms with Gasteiger partial charge in [-0.2, -0.15) is 11.8 Å². The SMILES string of the molecule is O=C=CCSCC=C=O. The van der Waals surface area contributed by atoms with Gasteiger partial charge in [-0.1, -0.05) is 0 Å². The van der Waals surface area contributed by atoms with Crippen molar-refractivity contribution >= 4 is 23.6 Å². The molecule has 0 radical (unpaired) electrons. The fourth-order valence-corrected chi connectivity index (χ4v) is 0.762. The Balaban J connectivity index is 3.09. The highest BCUT2D eigenvalue weighted by Gasteiger charge is 1.78. The summed E-state index contributed by atoms with van der Waals surface area (Å²) in [4.78, 5) is 19.1. The molecule has 0 unspecified atom stereocenters. The number of thioether (sulfide) groups is 1. The second-order valence-corrected chi connectivity index (χ2v) is 2.26. The monoisotopic (exact) mass is 142 g/mol. The standard InChI is InChI=1S/C6H6O2S/c7-3-1-5-9-6-2-4-8/h1-2H,5-6H2. The smallest absolute Gasteiger partial charge is 0.120 e. The van der Waals surface area contributed by atoms with Gasteiger partial charge in [0.15, 0.2) is 0 Å². The van der Waals surface area contributed by atoms with E-state index >= 15 is 0 Å². The fraction of sp³-hybridized carbons (Fsp3) is 0.333. The molecule has 0 N–H and O–H groups in total. The van der Waals surface area contributed by atoms with Gasteiger partial charge < -0.3 is 0 Å². The van der Waals surface area contributed by atoms with Crippen LogP contribution in [-0.2, 0) is 9.59 Å². The van der Waals surface area contributed by atoms with Gasteiger partial charge in [0.2, 0.25) is 0 Å². The first-order valence-corrected chi connectivity index (χ1v) is 3.53. The van der Waals surface area contributed by atoms with Crippen molar-refractivity contribution in [3.8, 4) is 0 Å². The number of hydrogen-bond donors (Lipinski definition) is 0. The summed E-state index contributed by atoms with van der Waals surface area (Å²) in [6.45, 7) is 0. The Hall–Kier alpha value is -0.750. The molecule has 0 atom stereocenters. The zero-order valence-electron chi connectivity index (χ0n) is 4.79. The molecule has 0 heterocycles. The minimum Gasteiger partial charge on any atom is -0.234 e. The molecule has 0 aromatic carbocycles. The van der Waals surface area contributed by atoms with E-state index in [0.29, 0.717) is 11.5 Å². The first kappa shape index (κ1) is 8.25. The van der Waals surface area contributed by atoms with Gasteiger partial charge >= 0.3 is 0 Å². The van der Waals surface area contributed by atoms with Crippen LogP contribution in [0.4, 0.5) is 0 Å². The van der Waals surface area contributed by atoms with Gasteiger partial charge in [0.25, 0.3) is 0 Å². The van der Waals surface area contributed by atoms with Gasteiger partial charge in [-0.3, -0.25) is 0 Å². The summed E-state index contributed by atoms with van der Waals surface area (Å²) < 4.78 is 0. The predicted octanol–water partition coefficient (Wildman–Crippen LogP) is 0.495. The van der Waals surface area contributed by atoms with Crippen LogP contribution in [0.1, 0.15) is 0 Å². The topological polar surface area (TPSA) is 34.1 Å². The summed E-state index contributed by atoms with van der Waals surface area (Å²) >= 11 is 1.47. The first-order chi connectivity index (χ1) is 4.41. The number of hydrogen-bond acceptors (Lipinski definition) is 3. The molecule has 0 saturated heterocycles. The highest BCUT2D eigenvalue weighted by atomic mass is 32.2. The zero-order valence-corrected chi connectivity index (χ0v) is 5.61. The maximum absolute atomic E-state index is 9.56. The van der Waals surface area contributed by atoms with Gasteiger partial charge in [0.05, 0.1) is 0 Å². The molecular formula is C6H6O2S. The van der Waals surface area contributed by atoms with E-state index in [1.54, 1.807) is 11.9 Å². The van der Waals surface area contributed by atoms with Gasteiger partial charge in [-0.15, -0.1) is 0 Å². The molecule has 0 aliphatic rings. The van der Waals surface area contributed by atoms with Gasteiger partial charge in [0.1, 0.15) is 11.9 Å². The number of carbonyl (C=O) groups excluding carboxylic acids is 2. The highest BCUT2D eigenvalue weighted by molar-refractivity contribution is 7.99. The molecule has 0 aliphatic carbocycles. The molecule has 0 aromatic rings. The summed E-state index contributed by atoms with van der Waals surface area (Å²) in [6.07, 6.45) is 2.76. The largest absolute Gasteiger partial charge is 0.234 e. The van der Waals surface area contributed by atoms with Crippen LogP contribution in [0.5, 0.6) is 0 Å². The second kappa shape index (κ2) is 7.25. The maximum atomic E-state index is 9.56. The molecule has 9 heavy (non-hydrogen) atoms. The molecule has 2 nitrogen and oxygen atoms in total. The Morgan fingerprint density at radius 1 is 1.11 bits per heavy atom. The molecule has 3 heteroatoms. The van der Waals surface area contributed by atoms with Crippen molar-refractivity contribution in [1.29, 1.82) is 0 Å². The summed E-state index contributed by atoms with van der Waals surface area (Å²) in [5.74, 6) is 4.50. The Bertz CT molecular complexity index is 134. The molecule has 0 bridgehead atoms. The van der Waals surface area contributed by atoms with E-state index in [-0.39, 0.29) is 0 Å². The van der Waals surface area contributed by atoms with E-state index < -0.39 is 0 Å². The lowest BCUT2D eigenvalue weighted by Crippen LogP contribution is -1.73. The molecule has 0 aromatic heterocycles. The summed E-state index contributed by atoms with van der Waals surface area (Å²) in [7, 11) is 0. The van der Waals surface area contributed by atoms with E-state index in [4.69, 9.17) is 0 Å². The average Bonchev–Trinajstić information content (AvgIpc) is 1.89. The van der Waals surface area contributed by atoms with E-state index in [1.165, 1.54) is 23.9 Å². The van der Waals surface area contributed by atoms with Crippen LogP contribution in [0.15, 0.2) is 12.2 Å². The van der Waals surface area contributed by atoms with Crippen molar-refractivity contribution in [2.75, 3.05) is 11.5 Å². The van der Waals surface area contributed by atoms with Gasteiger partial charge in [-0.25, -0.2) is 9.59 Å². The minimum absolute atomic E-state index is 0.613. The Morgan fingerprint density at radius 2 is 1.56 bits per heavy atom. The second-order valence-electron chi connectivity index (χ2n) is 1.18. The number of rotatable bonds is 4. The van der Waals surface area contributed by atoms with Crippen molar-refractivity contribution in [2.45, 2.75) is 0 Å². The van der Waals surface area contributed by atoms with Crippen LogP contribution in [0, 0.1) is 0 Å². The molecule has 0 rings (SSSR count). The van der Waals surface area contributed by atoms with Crippen molar-refractivity contribution in [2.24, 2.45) is 0 Å². The maximum Gasteiger partial charge on any atom is 0.120 e. The highest BCUT2D eigenvalue weighted by Crippen LogP contribution is 1.96. The Kier molecular flexibility index (Phi) is 6.65. The predicted molar refractivity (Wildman–Crippen MR) is 37.9 cm³/mol. The third-order valence-electron chi connectivity index (χ3n) is 0.569. The molecule has 0 saturated carbocycles. The summed E-state index contributed by atoms with van der Waals surface area (Å²) in [5, 5.41) is 0. The normalized spacial score (nSPS) is 7.11. The third-order valence-corrected chi connectivity index (χ3v) is 1.37. The fourth-order valence-electron chi connectivity index (χ4n) is 0.254. The van der Waals surface area contributed by atoms with Crippen LogP contribution in [0.25, 0.3) is 0 Å². The lowest BCUT2D eigenvalue weighted by atomic mass is 10.7. The van der Waals surface area contributed by atoms with Crippen molar-refractivity contribution in [3.63, 3.8) is 0 Å². The van der Waals surface area contributed by atoms with E-state index in [0.717, 1.165) is 0 Å². The third kappa shape index (κ3) is 7.25. The van der Waals surface area contributed by atoms with Crippen LogP contribution >= 0.6 is 11.8 Å². The lowest BCUT2D eigenvalue weighted by Gasteiger charge is -1.83. The molecular weight excluding hydrogens is 136 g/mol. The van der Waals surface area contributed by atoms with E-state index in [2.05, 4.69) is 0 Å². The summed E-state index contributed by atoms with van der Waals surface area (Å²) in [5.41, 5.74) is 0. The van der Waals surface area contributed by atoms with Crippen molar-refractivity contribution in [1.82, 2.24) is 0 Å². The first-order valence-electron chi connectivity index (χ1n) is 2.38. The van der Waals surface area contributed by atoms with E-state index in [9.17, 15) is 9.59 Å². The van der Waals surface area contributed by atoms with Crippen LogP contribution in [0.3, 0.4) is 0 Å². The van der Waals surface area contributed by atoms with Gasteiger partial charge in [0, 0.05) is 23.7 Å². The quantitative estimate of drug-likeness (QED) is 0.423. The average molecular weight is 142 g/mol. The summed E-state index contributed by atoms with van der Waals surface area (Å²) in [6, 6.07) is 0. The van der Waals surface area contributed by atoms with Crippen molar-refractivity contribution in [3.05, 3.63) is 12.2 Å². The van der Waals surface area contributed by atoms with Gasteiger partial charge in [-0.05, 0) is 0 Å². The van der Waals surface area contributed by atoms with Crippen molar-refractivity contribution < 1.29 is 9.59 Å².